The molecule has 7 nitrogen and oxygen atoms in total. The SMILES string of the molecule is CCCC(=O)c1cc([N+](=O)[O-])ccc1-c1cc(OC)c(OC)c(OC)c1. The van der Waals surface area contributed by atoms with Gasteiger partial charge >= 0.3 is 0 Å². The highest BCUT2D eigenvalue weighted by Gasteiger charge is 2.20. The third-order valence-corrected chi connectivity index (χ3v) is 3.97. The van der Waals surface area contributed by atoms with Crippen molar-refractivity contribution in [2.24, 2.45) is 0 Å². The Labute approximate surface area is 151 Å². The van der Waals surface area contributed by atoms with Gasteiger partial charge in [0, 0.05) is 24.1 Å². The van der Waals surface area contributed by atoms with Gasteiger partial charge in [-0.1, -0.05) is 6.92 Å². The Morgan fingerprint density at radius 1 is 1.04 bits per heavy atom. The summed E-state index contributed by atoms with van der Waals surface area (Å²) in [5, 5.41) is 11.1. The van der Waals surface area contributed by atoms with Crippen LogP contribution in [-0.2, 0) is 0 Å². The number of carbonyl (C=O) groups is 1. The van der Waals surface area contributed by atoms with Crippen molar-refractivity contribution in [1.82, 2.24) is 0 Å². The smallest absolute Gasteiger partial charge is 0.270 e. The molecule has 0 bridgehead atoms. The normalized spacial score (nSPS) is 10.3. The number of ketones is 1. The number of Topliss-reactive ketones (excluding diaryl/α,β-unsaturated/α-hetero) is 1. The molecule has 0 aliphatic carbocycles. The summed E-state index contributed by atoms with van der Waals surface area (Å²) in [4.78, 5) is 23.1. The largest absolute Gasteiger partial charge is 0.493 e. The molecule has 7 heteroatoms. The Kier molecular flexibility index (Phi) is 6.16. The first-order valence-electron chi connectivity index (χ1n) is 8.08. The highest BCUT2D eigenvalue weighted by Crippen LogP contribution is 2.42. The standard InChI is InChI=1S/C19H21NO6/c1-5-6-16(21)15-11-13(20(22)23)7-8-14(15)12-9-17(24-2)19(26-4)18(10-12)25-3/h7-11H,5-6H2,1-4H3. The molecule has 0 atom stereocenters. The minimum absolute atomic E-state index is 0.124. The minimum Gasteiger partial charge on any atom is -0.493 e. The molecule has 2 aromatic carbocycles. The third-order valence-electron chi connectivity index (χ3n) is 3.97. The number of nitrogens with zero attached hydrogens (tertiary/aromatic N) is 1. The number of hydrogen-bond acceptors (Lipinski definition) is 6. The van der Waals surface area contributed by atoms with E-state index in [1.807, 2.05) is 6.92 Å². The molecule has 2 aromatic rings. The van der Waals surface area contributed by atoms with Gasteiger partial charge in [0.15, 0.2) is 17.3 Å². The van der Waals surface area contributed by atoms with Crippen LogP contribution in [0.2, 0.25) is 0 Å². The van der Waals surface area contributed by atoms with Crippen molar-refractivity contribution in [3.8, 4) is 28.4 Å². The molecule has 2 rings (SSSR count). The van der Waals surface area contributed by atoms with E-state index in [1.54, 1.807) is 18.2 Å². The molecule has 138 valence electrons. The summed E-state index contributed by atoms with van der Waals surface area (Å²) in [7, 11) is 4.50. The third kappa shape index (κ3) is 3.77. The summed E-state index contributed by atoms with van der Waals surface area (Å²) in [5.41, 5.74) is 1.40. The van der Waals surface area contributed by atoms with Crippen molar-refractivity contribution in [2.75, 3.05) is 21.3 Å². The number of nitro groups is 1. The highest BCUT2D eigenvalue weighted by atomic mass is 16.6. The van der Waals surface area contributed by atoms with Crippen LogP contribution >= 0.6 is 0 Å². The zero-order valence-corrected chi connectivity index (χ0v) is 15.2. The number of nitro benzene ring substituents is 1. The minimum atomic E-state index is -0.512. The number of carbonyl (C=O) groups excluding carboxylic acids is 1. The lowest BCUT2D eigenvalue weighted by molar-refractivity contribution is -0.384. The monoisotopic (exact) mass is 359 g/mol. The number of rotatable bonds is 8. The molecule has 0 aromatic heterocycles. The number of ether oxygens (including phenoxy) is 3. The van der Waals surface area contributed by atoms with Gasteiger partial charge in [0.25, 0.3) is 5.69 Å². The molecule has 0 saturated carbocycles. The molecule has 0 fully saturated rings. The number of benzene rings is 2. The average Bonchev–Trinajstić information content (AvgIpc) is 2.66. The maximum absolute atomic E-state index is 12.5. The van der Waals surface area contributed by atoms with Crippen molar-refractivity contribution < 1.29 is 23.9 Å². The van der Waals surface area contributed by atoms with E-state index in [-0.39, 0.29) is 11.5 Å². The van der Waals surface area contributed by atoms with Gasteiger partial charge in [0.2, 0.25) is 5.75 Å². The van der Waals surface area contributed by atoms with Crippen LogP contribution in [0.3, 0.4) is 0 Å². The molecule has 0 saturated heterocycles. The second-order valence-corrected chi connectivity index (χ2v) is 5.57. The molecular formula is C19H21NO6. The van der Waals surface area contributed by atoms with E-state index in [0.29, 0.717) is 46.8 Å². The van der Waals surface area contributed by atoms with Crippen molar-refractivity contribution >= 4 is 11.5 Å². The first-order chi connectivity index (χ1) is 12.5. The second-order valence-electron chi connectivity index (χ2n) is 5.57. The van der Waals surface area contributed by atoms with Crippen molar-refractivity contribution in [3.63, 3.8) is 0 Å². The van der Waals surface area contributed by atoms with Gasteiger partial charge in [-0.15, -0.1) is 0 Å². The predicted molar refractivity (Wildman–Crippen MR) is 97.4 cm³/mol. The van der Waals surface area contributed by atoms with Crippen LogP contribution in [-0.4, -0.2) is 32.0 Å². The molecule has 0 N–H and O–H groups in total. The average molecular weight is 359 g/mol. The predicted octanol–water partition coefficient (Wildman–Crippen LogP) is 4.27. The molecule has 0 aliphatic heterocycles. The Morgan fingerprint density at radius 3 is 2.12 bits per heavy atom. The second kappa shape index (κ2) is 8.33. The van der Waals surface area contributed by atoms with Gasteiger partial charge in [-0.25, -0.2) is 0 Å². The lowest BCUT2D eigenvalue weighted by Crippen LogP contribution is -2.03. The van der Waals surface area contributed by atoms with Crippen molar-refractivity contribution in [3.05, 3.63) is 46.0 Å². The Bertz CT molecular complexity index is 806. The van der Waals surface area contributed by atoms with Crippen LogP contribution in [0.5, 0.6) is 17.2 Å². The van der Waals surface area contributed by atoms with E-state index in [0.717, 1.165) is 0 Å². The summed E-state index contributed by atoms with van der Waals surface area (Å²) >= 11 is 0. The van der Waals surface area contributed by atoms with Gasteiger partial charge in [-0.2, -0.15) is 0 Å². The molecule has 0 unspecified atom stereocenters. The molecule has 0 spiro atoms. The van der Waals surface area contributed by atoms with E-state index in [1.165, 1.54) is 33.5 Å². The van der Waals surface area contributed by atoms with Gasteiger partial charge < -0.3 is 14.2 Å². The summed E-state index contributed by atoms with van der Waals surface area (Å²) in [6.45, 7) is 1.88. The summed E-state index contributed by atoms with van der Waals surface area (Å²) in [5.74, 6) is 1.16. The van der Waals surface area contributed by atoms with E-state index in [4.69, 9.17) is 14.2 Å². The quantitative estimate of drug-likeness (QED) is 0.397. The van der Waals surface area contributed by atoms with Crippen LogP contribution in [0.4, 0.5) is 5.69 Å². The van der Waals surface area contributed by atoms with Crippen LogP contribution in [0.25, 0.3) is 11.1 Å². The number of hydrogen-bond donors (Lipinski definition) is 0. The van der Waals surface area contributed by atoms with E-state index in [2.05, 4.69) is 0 Å². The lowest BCUT2D eigenvalue weighted by atomic mass is 9.94. The summed E-state index contributed by atoms with van der Waals surface area (Å²) < 4.78 is 16.0. The zero-order chi connectivity index (χ0) is 19.3. The first kappa shape index (κ1) is 19.2. The van der Waals surface area contributed by atoms with Crippen LogP contribution in [0, 0.1) is 10.1 Å². The fourth-order valence-corrected chi connectivity index (χ4v) is 2.73. The molecule has 26 heavy (non-hydrogen) atoms. The topological polar surface area (TPSA) is 87.9 Å². The van der Waals surface area contributed by atoms with Gasteiger partial charge in [-0.05, 0) is 35.7 Å². The van der Waals surface area contributed by atoms with E-state index in [9.17, 15) is 14.9 Å². The molecule has 0 aliphatic rings. The number of non-ortho nitro benzene ring substituents is 1. The van der Waals surface area contributed by atoms with Crippen LogP contribution < -0.4 is 14.2 Å². The Morgan fingerprint density at radius 2 is 1.65 bits per heavy atom. The number of methoxy groups -OCH3 is 3. The Balaban J connectivity index is 2.70. The maximum atomic E-state index is 12.5. The van der Waals surface area contributed by atoms with Crippen LogP contribution in [0.15, 0.2) is 30.3 Å². The molecular weight excluding hydrogens is 338 g/mol. The van der Waals surface area contributed by atoms with E-state index >= 15 is 0 Å². The fraction of sp³-hybridized carbons (Fsp3) is 0.316. The maximum Gasteiger partial charge on any atom is 0.270 e. The Hall–Kier alpha value is -3.09. The molecule has 0 amide bonds. The highest BCUT2D eigenvalue weighted by molar-refractivity contribution is 6.03. The van der Waals surface area contributed by atoms with Crippen molar-refractivity contribution in [2.45, 2.75) is 19.8 Å². The van der Waals surface area contributed by atoms with Crippen LogP contribution in [0.1, 0.15) is 30.1 Å². The zero-order valence-electron chi connectivity index (χ0n) is 15.2. The molecule has 0 heterocycles. The summed E-state index contributed by atoms with van der Waals surface area (Å²) in [6, 6.07) is 7.69. The van der Waals surface area contributed by atoms with Gasteiger partial charge in [-0.3, -0.25) is 14.9 Å². The van der Waals surface area contributed by atoms with Gasteiger partial charge in [0.1, 0.15) is 0 Å². The van der Waals surface area contributed by atoms with Crippen molar-refractivity contribution in [1.29, 1.82) is 0 Å². The first-order valence-corrected chi connectivity index (χ1v) is 8.08. The van der Waals surface area contributed by atoms with Gasteiger partial charge in [0.05, 0.1) is 26.3 Å². The molecule has 0 radical (unpaired) electrons. The van der Waals surface area contributed by atoms with E-state index < -0.39 is 4.92 Å². The summed E-state index contributed by atoms with van der Waals surface area (Å²) in [6.07, 6.45) is 0.953. The lowest BCUT2D eigenvalue weighted by Gasteiger charge is -2.15. The fourth-order valence-electron chi connectivity index (χ4n) is 2.73.